The second kappa shape index (κ2) is 7.89. The quantitative estimate of drug-likeness (QED) is 0.594. The van der Waals surface area contributed by atoms with Crippen LogP contribution in [0.1, 0.15) is 31.9 Å². The Morgan fingerprint density at radius 2 is 1.95 bits per heavy atom. The lowest BCUT2D eigenvalue weighted by Crippen LogP contribution is -2.34. The number of amides is 1. The van der Waals surface area contributed by atoms with Crippen LogP contribution < -0.4 is 10.6 Å². The molecule has 1 aromatic carbocycles. The standard InChI is InChI=1S/C14H22N2O3/c1-3-12(9-17)15-8-14(19)11-4-6-13(7-5-11)16-10(2)18/h4-7,12,14-15,17,19H,3,8-9H2,1-2H3,(H,16,18). The average molecular weight is 266 g/mol. The Morgan fingerprint density at radius 3 is 2.42 bits per heavy atom. The third-order valence-corrected chi connectivity index (χ3v) is 2.93. The molecule has 0 saturated heterocycles. The summed E-state index contributed by atoms with van der Waals surface area (Å²) in [4.78, 5) is 10.9. The van der Waals surface area contributed by atoms with Crippen LogP contribution in [0.4, 0.5) is 5.69 Å². The predicted octanol–water partition coefficient (Wildman–Crippen LogP) is 1.04. The summed E-state index contributed by atoms with van der Waals surface area (Å²) < 4.78 is 0. The van der Waals surface area contributed by atoms with E-state index in [9.17, 15) is 9.90 Å². The summed E-state index contributed by atoms with van der Waals surface area (Å²) in [6, 6.07) is 7.06. The third kappa shape index (κ3) is 5.38. The molecule has 0 bridgehead atoms. The normalized spacial score (nSPS) is 13.9. The van der Waals surface area contributed by atoms with Crippen LogP contribution in [0.3, 0.4) is 0 Å². The molecule has 0 aliphatic heterocycles. The van der Waals surface area contributed by atoms with E-state index in [1.807, 2.05) is 6.92 Å². The fraction of sp³-hybridized carbons (Fsp3) is 0.500. The van der Waals surface area contributed by atoms with Gasteiger partial charge in [0.25, 0.3) is 0 Å². The van der Waals surface area contributed by atoms with Crippen molar-refractivity contribution in [2.75, 3.05) is 18.5 Å². The highest BCUT2D eigenvalue weighted by Crippen LogP contribution is 2.16. The first-order chi connectivity index (χ1) is 9.06. The molecule has 0 saturated carbocycles. The van der Waals surface area contributed by atoms with E-state index in [1.54, 1.807) is 24.3 Å². The summed E-state index contributed by atoms with van der Waals surface area (Å²) in [5.41, 5.74) is 1.48. The van der Waals surface area contributed by atoms with Crippen molar-refractivity contribution in [3.8, 4) is 0 Å². The number of aliphatic hydroxyl groups is 2. The monoisotopic (exact) mass is 266 g/mol. The van der Waals surface area contributed by atoms with Crippen molar-refractivity contribution in [3.63, 3.8) is 0 Å². The maximum absolute atomic E-state index is 10.9. The zero-order valence-electron chi connectivity index (χ0n) is 11.4. The maximum Gasteiger partial charge on any atom is 0.221 e. The Morgan fingerprint density at radius 1 is 1.32 bits per heavy atom. The first kappa shape index (κ1) is 15.6. The van der Waals surface area contributed by atoms with E-state index in [0.29, 0.717) is 12.2 Å². The molecule has 19 heavy (non-hydrogen) atoms. The van der Waals surface area contributed by atoms with Gasteiger partial charge in [-0.05, 0) is 24.1 Å². The highest BCUT2D eigenvalue weighted by Gasteiger charge is 2.10. The molecule has 2 unspecified atom stereocenters. The van der Waals surface area contributed by atoms with Gasteiger partial charge in [0.05, 0.1) is 12.7 Å². The van der Waals surface area contributed by atoms with Gasteiger partial charge in [-0.25, -0.2) is 0 Å². The van der Waals surface area contributed by atoms with Crippen LogP contribution in [-0.4, -0.2) is 35.3 Å². The van der Waals surface area contributed by atoms with Crippen molar-refractivity contribution in [1.29, 1.82) is 0 Å². The van der Waals surface area contributed by atoms with E-state index in [1.165, 1.54) is 6.92 Å². The molecule has 0 radical (unpaired) electrons. The van der Waals surface area contributed by atoms with E-state index in [4.69, 9.17) is 5.11 Å². The molecule has 1 rings (SSSR count). The van der Waals surface area contributed by atoms with Gasteiger partial charge in [-0.2, -0.15) is 0 Å². The Bertz CT molecular complexity index is 388. The van der Waals surface area contributed by atoms with Crippen molar-refractivity contribution in [2.24, 2.45) is 0 Å². The van der Waals surface area contributed by atoms with Crippen LogP contribution in [0.25, 0.3) is 0 Å². The Hall–Kier alpha value is -1.43. The predicted molar refractivity (Wildman–Crippen MR) is 74.9 cm³/mol. The van der Waals surface area contributed by atoms with E-state index in [0.717, 1.165) is 12.0 Å². The number of aliphatic hydroxyl groups excluding tert-OH is 2. The van der Waals surface area contributed by atoms with Gasteiger partial charge >= 0.3 is 0 Å². The largest absolute Gasteiger partial charge is 0.395 e. The number of hydrogen-bond acceptors (Lipinski definition) is 4. The minimum absolute atomic E-state index is 0.00769. The second-order valence-corrected chi connectivity index (χ2v) is 4.51. The van der Waals surface area contributed by atoms with Crippen molar-refractivity contribution in [1.82, 2.24) is 5.32 Å². The highest BCUT2D eigenvalue weighted by atomic mass is 16.3. The fourth-order valence-corrected chi connectivity index (χ4v) is 1.73. The molecule has 5 heteroatoms. The summed E-state index contributed by atoms with van der Waals surface area (Å²) >= 11 is 0. The third-order valence-electron chi connectivity index (χ3n) is 2.93. The lowest BCUT2D eigenvalue weighted by Gasteiger charge is -2.18. The highest BCUT2D eigenvalue weighted by molar-refractivity contribution is 5.88. The smallest absolute Gasteiger partial charge is 0.221 e. The molecular formula is C14H22N2O3. The number of benzene rings is 1. The van der Waals surface area contributed by atoms with Crippen LogP contribution in [0.5, 0.6) is 0 Å². The maximum atomic E-state index is 10.9. The molecule has 0 aliphatic rings. The van der Waals surface area contributed by atoms with Gasteiger partial charge in [0.2, 0.25) is 5.91 Å². The van der Waals surface area contributed by atoms with Gasteiger partial charge in [-0.3, -0.25) is 4.79 Å². The summed E-state index contributed by atoms with van der Waals surface area (Å²) in [5.74, 6) is -0.122. The van der Waals surface area contributed by atoms with E-state index < -0.39 is 6.10 Å². The van der Waals surface area contributed by atoms with Crippen LogP contribution in [-0.2, 0) is 4.79 Å². The molecule has 106 valence electrons. The van der Waals surface area contributed by atoms with Crippen LogP contribution in [0.2, 0.25) is 0 Å². The van der Waals surface area contributed by atoms with E-state index >= 15 is 0 Å². The van der Waals surface area contributed by atoms with Gasteiger partial charge < -0.3 is 20.8 Å². The van der Waals surface area contributed by atoms with Crippen molar-refractivity contribution in [2.45, 2.75) is 32.4 Å². The minimum atomic E-state index is -0.632. The molecule has 0 spiro atoms. The van der Waals surface area contributed by atoms with Crippen molar-refractivity contribution < 1.29 is 15.0 Å². The summed E-state index contributed by atoms with van der Waals surface area (Å²) in [5, 5.41) is 24.8. The van der Waals surface area contributed by atoms with Gasteiger partial charge in [-0.1, -0.05) is 19.1 Å². The zero-order chi connectivity index (χ0) is 14.3. The minimum Gasteiger partial charge on any atom is -0.395 e. The number of nitrogens with one attached hydrogen (secondary N) is 2. The van der Waals surface area contributed by atoms with Gasteiger partial charge in [0, 0.05) is 25.2 Å². The Kier molecular flexibility index (Phi) is 6.49. The Balaban J connectivity index is 2.52. The second-order valence-electron chi connectivity index (χ2n) is 4.51. The molecule has 5 nitrogen and oxygen atoms in total. The summed E-state index contributed by atoms with van der Waals surface area (Å²) in [6.45, 7) is 3.87. The Labute approximate surface area is 113 Å². The molecule has 1 amide bonds. The molecule has 0 heterocycles. The van der Waals surface area contributed by atoms with Crippen molar-refractivity contribution >= 4 is 11.6 Å². The van der Waals surface area contributed by atoms with E-state index in [2.05, 4.69) is 10.6 Å². The molecule has 4 N–H and O–H groups in total. The number of carbonyl (C=O) groups excluding carboxylic acids is 1. The number of rotatable bonds is 7. The van der Waals surface area contributed by atoms with Gasteiger partial charge in [-0.15, -0.1) is 0 Å². The average Bonchev–Trinajstić information content (AvgIpc) is 2.39. The summed E-state index contributed by atoms with van der Waals surface area (Å²) in [7, 11) is 0. The first-order valence-electron chi connectivity index (χ1n) is 6.46. The van der Waals surface area contributed by atoms with E-state index in [-0.39, 0.29) is 18.6 Å². The zero-order valence-corrected chi connectivity index (χ0v) is 11.4. The van der Waals surface area contributed by atoms with Crippen LogP contribution in [0, 0.1) is 0 Å². The topological polar surface area (TPSA) is 81.6 Å². The number of carbonyl (C=O) groups is 1. The lowest BCUT2D eigenvalue weighted by molar-refractivity contribution is -0.114. The molecular weight excluding hydrogens is 244 g/mol. The van der Waals surface area contributed by atoms with Crippen LogP contribution in [0.15, 0.2) is 24.3 Å². The molecule has 1 aromatic rings. The number of hydrogen-bond donors (Lipinski definition) is 4. The fourth-order valence-electron chi connectivity index (χ4n) is 1.73. The van der Waals surface area contributed by atoms with Crippen molar-refractivity contribution in [3.05, 3.63) is 29.8 Å². The molecule has 0 aromatic heterocycles. The molecule has 2 atom stereocenters. The molecule has 0 aliphatic carbocycles. The SMILES string of the molecule is CCC(CO)NCC(O)c1ccc(NC(C)=O)cc1. The molecule has 0 fully saturated rings. The first-order valence-corrected chi connectivity index (χ1v) is 6.46. The summed E-state index contributed by atoms with van der Waals surface area (Å²) in [6.07, 6.45) is 0.178. The van der Waals surface area contributed by atoms with Gasteiger partial charge in [0.1, 0.15) is 0 Å². The lowest BCUT2D eigenvalue weighted by atomic mass is 10.1. The van der Waals surface area contributed by atoms with Crippen LogP contribution >= 0.6 is 0 Å². The number of anilines is 1. The van der Waals surface area contributed by atoms with Gasteiger partial charge in [0.15, 0.2) is 0 Å².